The fourth-order valence-electron chi connectivity index (χ4n) is 2.84. The number of benzene rings is 1. The van der Waals surface area contributed by atoms with Gasteiger partial charge in [0, 0.05) is 37.9 Å². The SMILES string of the molecule is CC1COCCC1CN=C(N)Nc1ccc2c(c1)OCCCO2. The van der Waals surface area contributed by atoms with E-state index in [9.17, 15) is 0 Å². The summed E-state index contributed by atoms with van der Waals surface area (Å²) in [6.07, 6.45) is 1.94. The van der Waals surface area contributed by atoms with Crippen LogP contribution in [0, 0.1) is 11.8 Å². The van der Waals surface area contributed by atoms with Gasteiger partial charge in [0.25, 0.3) is 0 Å². The molecule has 23 heavy (non-hydrogen) atoms. The molecule has 2 aliphatic rings. The summed E-state index contributed by atoms with van der Waals surface area (Å²) in [7, 11) is 0. The molecule has 3 rings (SSSR count). The summed E-state index contributed by atoms with van der Waals surface area (Å²) in [4.78, 5) is 4.48. The number of guanidine groups is 1. The quantitative estimate of drug-likeness (QED) is 0.660. The first-order valence-corrected chi connectivity index (χ1v) is 8.26. The van der Waals surface area contributed by atoms with E-state index in [1.54, 1.807) is 0 Å². The van der Waals surface area contributed by atoms with Gasteiger partial charge in [-0.2, -0.15) is 0 Å². The summed E-state index contributed by atoms with van der Waals surface area (Å²) in [6, 6.07) is 5.73. The van der Waals surface area contributed by atoms with Crippen LogP contribution >= 0.6 is 0 Å². The number of nitrogens with zero attached hydrogens (tertiary/aromatic N) is 1. The number of hydrogen-bond donors (Lipinski definition) is 2. The molecule has 126 valence electrons. The van der Waals surface area contributed by atoms with Gasteiger partial charge < -0.3 is 25.3 Å². The number of aliphatic imine (C=N–C) groups is 1. The van der Waals surface area contributed by atoms with E-state index in [1.165, 1.54) is 0 Å². The van der Waals surface area contributed by atoms with Crippen molar-refractivity contribution in [3.8, 4) is 11.5 Å². The predicted octanol–water partition coefficient (Wildman–Crippen LogP) is 2.25. The third-order valence-electron chi connectivity index (χ3n) is 4.33. The van der Waals surface area contributed by atoms with E-state index in [-0.39, 0.29) is 0 Å². The van der Waals surface area contributed by atoms with Crippen LogP contribution in [0.15, 0.2) is 23.2 Å². The molecular weight excluding hydrogens is 294 g/mol. The second-order valence-electron chi connectivity index (χ2n) is 6.16. The van der Waals surface area contributed by atoms with E-state index >= 15 is 0 Å². The fourth-order valence-corrected chi connectivity index (χ4v) is 2.84. The van der Waals surface area contributed by atoms with Gasteiger partial charge in [0.15, 0.2) is 17.5 Å². The van der Waals surface area contributed by atoms with Gasteiger partial charge in [-0.3, -0.25) is 4.99 Å². The standard InChI is InChI=1S/C17H25N3O3/c1-12-11-21-8-5-13(12)10-19-17(18)20-14-3-4-15-16(9-14)23-7-2-6-22-15/h3-4,9,12-13H,2,5-8,10-11H2,1H3,(H3,18,19,20). The van der Waals surface area contributed by atoms with Crippen molar-refractivity contribution in [2.45, 2.75) is 19.8 Å². The summed E-state index contributed by atoms with van der Waals surface area (Å²) < 4.78 is 16.8. The summed E-state index contributed by atoms with van der Waals surface area (Å²) in [5, 5.41) is 3.13. The third kappa shape index (κ3) is 4.28. The molecule has 2 atom stereocenters. The minimum atomic E-state index is 0.429. The largest absolute Gasteiger partial charge is 0.490 e. The van der Waals surface area contributed by atoms with Gasteiger partial charge in [0.1, 0.15) is 0 Å². The Labute approximate surface area is 137 Å². The Morgan fingerprint density at radius 3 is 2.91 bits per heavy atom. The molecule has 2 aliphatic heterocycles. The van der Waals surface area contributed by atoms with E-state index in [1.807, 2.05) is 18.2 Å². The highest BCUT2D eigenvalue weighted by Gasteiger charge is 2.21. The molecule has 3 N–H and O–H groups in total. The molecule has 0 saturated carbocycles. The van der Waals surface area contributed by atoms with Crippen molar-refractivity contribution < 1.29 is 14.2 Å². The highest BCUT2D eigenvalue weighted by atomic mass is 16.5. The van der Waals surface area contributed by atoms with Crippen molar-refractivity contribution in [3.63, 3.8) is 0 Å². The zero-order valence-corrected chi connectivity index (χ0v) is 13.6. The molecule has 1 saturated heterocycles. The van der Waals surface area contributed by atoms with Crippen LogP contribution in [-0.4, -0.2) is 38.9 Å². The van der Waals surface area contributed by atoms with Crippen molar-refractivity contribution in [1.29, 1.82) is 0 Å². The first-order valence-electron chi connectivity index (χ1n) is 8.26. The topological polar surface area (TPSA) is 78.1 Å². The number of rotatable bonds is 3. The summed E-state index contributed by atoms with van der Waals surface area (Å²) in [5.74, 6) is 3.02. The Morgan fingerprint density at radius 1 is 1.26 bits per heavy atom. The fraction of sp³-hybridized carbons (Fsp3) is 0.588. The third-order valence-corrected chi connectivity index (χ3v) is 4.33. The maximum atomic E-state index is 6.01. The lowest BCUT2D eigenvalue weighted by Crippen LogP contribution is -2.29. The molecule has 0 bridgehead atoms. The molecule has 0 aliphatic carbocycles. The summed E-state index contributed by atoms with van der Waals surface area (Å²) >= 11 is 0. The highest BCUT2D eigenvalue weighted by Crippen LogP contribution is 2.32. The normalized spacial score (nSPS) is 24.8. The first kappa shape index (κ1) is 15.9. The van der Waals surface area contributed by atoms with E-state index in [0.717, 1.165) is 49.8 Å². The van der Waals surface area contributed by atoms with Gasteiger partial charge >= 0.3 is 0 Å². The Balaban J connectivity index is 1.59. The molecule has 6 heteroatoms. The predicted molar refractivity (Wildman–Crippen MR) is 90.3 cm³/mol. The molecule has 1 fully saturated rings. The first-order chi connectivity index (χ1) is 11.2. The highest BCUT2D eigenvalue weighted by molar-refractivity contribution is 5.92. The summed E-state index contributed by atoms with van der Waals surface area (Å²) in [6.45, 7) is 5.92. The second kappa shape index (κ2) is 7.55. The maximum Gasteiger partial charge on any atom is 0.193 e. The molecular formula is C17H25N3O3. The molecule has 2 heterocycles. The maximum absolute atomic E-state index is 6.01. The number of ether oxygens (including phenoxy) is 3. The molecule has 0 spiro atoms. The van der Waals surface area contributed by atoms with Crippen molar-refractivity contribution in [1.82, 2.24) is 0 Å². The smallest absolute Gasteiger partial charge is 0.193 e. The lowest BCUT2D eigenvalue weighted by Gasteiger charge is -2.27. The van der Waals surface area contributed by atoms with Gasteiger partial charge in [-0.05, 0) is 30.4 Å². The van der Waals surface area contributed by atoms with Crippen molar-refractivity contribution in [2.75, 3.05) is 38.3 Å². The molecule has 1 aromatic carbocycles. The van der Waals surface area contributed by atoms with Crippen LogP contribution in [-0.2, 0) is 4.74 Å². The van der Waals surface area contributed by atoms with Gasteiger partial charge in [0.2, 0.25) is 0 Å². The zero-order chi connectivity index (χ0) is 16.1. The number of nitrogens with two attached hydrogens (primary N) is 1. The second-order valence-corrected chi connectivity index (χ2v) is 6.16. The average molecular weight is 319 g/mol. The van der Waals surface area contributed by atoms with Crippen LogP contribution in [0.2, 0.25) is 0 Å². The van der Waals surface area contributed by atoms with E-state index in [2.05, 4.69) is 17.2 Å². The average Bonchev–Trinajstić information content (AvgIpc) is 2.79. The van der Waals surface area contributed by atoms with Gasteiger partial charge in [-0.15, -0.1) is 0 Å². The Hall–Kier alpha value is -1.95. The molecule has 1 aromatic rings. The van der Waals surface area contributed by atoms with Crippen LogP contribution in [0.25, 0.3) is 0 Å². The number of nitrogens with one attached hydrogen (secondary N) is 1. The number of hydrogen-bond acceptors (Lipinski definition) is 4. The van der Waals surface area contributed by atoms with E-state index in [0.29, 0.717) is 31.0 Å². The monoisotopic (exact) mass is 319 g/mol. The molecule has 0 aromatic heterocycles. The van der Waals surface area contributed by atoms with Crippen molar-refractivity contribution in [3.05, 3.63) is 18.2 Å². The van der Waals surface area contributed by atoms with E-state index in [4.69, 9.17) is 19.9 Å². The van der Waals surface area contributed by atoms with Crippen LogP contribution in [0.3, 0.4) is 0 Å². The summed E-state index contributed by atoms with van der Waals surface area (Å²) in [5.41, 5.74) is 6.87. The molecule has 2 unspecified atom stereocenters. The van der Waals surface area contributed by atoms with Crippen LogP contribution in [0.4, 0.5) is 5.69 Å². The lowest BCUT2D eigenvalue weighted by molar-refractivity contribution is 0.0273. The lowest BCUT2D eigenvalue weighted by atomic mass is 9.90. The van der Waals surface area contributed by atoms with Crippen LogP contribution in [0.5, 0.6) is 11.5 Å². The van der Waals surface area contributed by atoms with Crippen molar-refractivity contribution >= 4 is 11.6 Å². The van der Waals surface area contributed by atoms with Crippen molar-refractivity contribution in [2.24, 2.45) is 22.6 Å². The minimum Gasteiger partial charge on any atom is -0.490 e. The zero-order valence-electron chi connectivity index (χ0n) is 13.6. The van der Waals surface area contributed by atoms with Gasteiger partial charge in [-0.1, -0.05) is 6.92 Å². The Bertz CT molecular complexity index is 562. The Kier molecular flexibility index (Phi) is 5.23. The van der Waals surface area contributed by atoms with Gasteiger partial charge in [0.05, 0.1) is 13.2 Å². The number of anilines is 1. The van der Waals surface area contributed by atoms with Crippen LogP contribution < -0.4 is 20.5 Å². The molecule has 0 amide bonds. The molecule has 6 nitrogen and oxygen atoms in total. The minimum absolute atomic E-state index is 0.429. The van der Waals surface area contributed by atoms with Gasteiger partial charge in [-0.25, -0.2) is 0 Å². The van der Waals surface area contributed by atoms with Crippen LogP contribution in [0.1, 0.15) is 19.8 Å². The Morgan fingerprint density at radius 2 is 2.09 bits per heavy atom. The van der Waals surface area contributed by atoms with E-state index < -0.39 is 0 Å². The molecule has 0 radical (unpaired) electrons. The number of fused-ring (bicyclic) bond motifs is 1.